The maximum Gasteiger partial charge on any atom is 0.131 e. The molecule has 3 heterocycles. The minimum Gasteiger partial charge on any atom is -0.363 e. The Kier molecular flexibility index (Phi) is 3.49. The van der Waals surface area contributed by atoms with Crippen LogP contribution in [-0.4, -0.2) is 36.6 Å². The molecule has 1 aromatic carbocycles. The highest BCUT2D eigenvalue weighted by atomic mass is 35.5. The highest BCUT2D eigenvalue weighted by Gasteiger charge is 2.36. The Morgan fingerprint density at radius 2 is 2.00 bits per heavy atom. The number of nitrogens with zero attached hydrogens (tertiary/aromatic N) is 4. The van der Waals surface area contributed by atoms with Crippen molar-refractivity contribution in [3.05, 3.63) is 16.1 Å². The number of halogens is 2. The predicted molar refractivity (Wildman–Crippen MR) is 89.4 cm³/mol. The van der Waals surface area contributed by atoms with Gasteiger partial charge in [0, 0.05) is 25.2 Å². The van der Waals surface area contributed by atoms with Crippen molar-refractivity contribution in [1.82, 2.24) is 4.90 Å². The summed E-state index contributed by atoms with van der Waals surface area (Å²) in [6.07, 6.45) is 2.57. The van der Waals surface area contributed by atoms with Gasteiger partial charge >= 0.3 is 0 Å². The summed E-state index contributed by atoms with van der Waals surface area (Å²) in [6.45, 7) is 5.58. The molecule has 1 aromatic rings. The van der Waals surface area contributed by atoms with Crippen molar-refractivity contribution in [3.8, 4) is 0 Å². The van der Waals surface area contributed by atoms with E-state index >= 15 is 0 Å². The molecule has 0 aromatic heterocycles. The van der Waals surface area contributed by atoms with Crippen molar-refractivity contribution in [3.63, 3.8) is 0 Å². The maximum atomic E-state index is 6.50. The Balaban J connectivity index is 1.77. The van der Waals surface area contributed by atoms with Gasteiger partial charge in [-0.1, -0.05) is 23.2 Å². The minimum atomic E-state index is 0.419. The molecule has 2 atom stereocenters. The summed E-state index contributed by atoms with van der Waals surface area (Å²) in [4.78, 5) is 5.00. The van der Waals surface area contributed by atoms with E-state index in [1.54, 1.807) is 6.07 Å². The lowest BCUT2D eigenvalue weighted by Crippen LogP contribution is -2.55. The van der Waals surface area contributed by atoms with Crippen LogP contribution in [0.2, 0.25) is 10.0 Å². The summed E-state index contributed by atoms with van der Waals surface area (Å²) in [7, 11) is 0. The number of anilines is 1. The van der Waals surface area contributed by atoms with Crippen LogP contribution in [0, 0.1) is 0 Å². The standard InChI is InChI=1S/C14H16Cl2N4S/c1-8-6-19-4-2-3-9(19)7-20(8)14-11(16)5-10(15)12-13(14)18-21-17-12/h5,8-9H,2-4,6-7H2,1H3. The average molecular weight is 343 g/mol. The van der Waals surface area contributed by atoms with E-state index in [0.717, 1.165) is 30.2 Å². The first kappa shape index (κ1) is 14.0. The molecule has 7 heteroatoms. The van der Waals surface area contributed by atoms with Gasteiger partial charge in [-0.25, -0.2) is 0 Å². The van der Waals surface area contributed by atoms with Gasteiger partial charge in [0.1, 0.15) is 11.4 Å². The average Bonchev–Trinajstić information content (AvgIpc) is 3.07. The van der Waals surface area contributed by atoms with Crippen LogP contribution in [-0.2, 0) is 11.4 Å². The number of benzene rings is 1. The first-order valence-electron chi connectivity index (χ1n) is 7.26. The van der Waals surface area contributed by atoms with E-state index in [2.05, 4.69) is 25.4 Å². The molecule has 4 nitrogen and oxygen atoms in total. The Bertz CT molecular complexity index is 671. The molecule has 0 amide bonds. The van der Waals surface area contributed by atoms with Gasteiger partial charge < -0.3 is 4.90 Å². The fourth-order valence-corrected chi connectivity index (χ4v) is 4.85. The lowest BCUT2D eigenvalue weighted by Gasteiger charge is -2.44. The third-order valence-electron chi connectivity index (χ3n) is 4.64. The topological polar surface area (TPSA) is 31.2 Å². The van der Waals surface area contributed by atoms with E-state index in [4.69, 9.17) is 23.2 Å². The molecule has 0 N–H and O–H groups in total. The van der Waals surface area contributed by atoms with E-state index < -0.39 is 0 Å². The zero-order chi connectivity index (χ0) is 14.6. The zero-order valence-electron chi connectivity index (χ0n) is 11.7. The van der Waals surface area contributed by atoms with Crippen molar-refractivity contribution >= 4 is 51.6 Å². The number of piperazine rings is 1. The Hall–Kier alpha value is -0.620. The molecule has 21 heavy (non-hydrogen) atoms. The number of fused-ring (bicyclic) bond motifs is 2. The van der Waals surface area contributed by atoms with Crippen LogP contribution >= 0.6 is 23.2 Å². The second-order valence-corrected chi connectivity index (χ2v) is 7.29. The summed E-state index contributed by atoms with van der Waals surface area (Å²) in [5.74, 6) is 0. The summed E-state index contributed by atoms with van der Waals surface area (Å²) < 4.78 is 8.75. The Morgan fingerprint density at radius 3 is 2.86 bits per heavy atom. The summed E-state index contributed by atoms with van der Waals surface area (Å²) in [5.41, 5.74) is 2.61. The lowest BCUT2D eigenvalue weighted by atomic mass is 10.1. The molecule has 4 rings (SSSR count). The molecule has 0 radical (unpaired) electrons. The minimum absolute atomic E-state index is 0.419. The second-order valence-electron chi connectivity index (χ2n) is 5.94. The molecular weight excluding hydrogens is 327 g/mol. The first-order valence-corrected chi connectivity index (χ1v) is 8.74. The van der Waals surface area contributed by atoms with Gasteiger partial charge in [-0.2, -0.15) is 8.73 Å². The van der Waals surface area contributed by atoms with E-state index in [1.165, 1.54) is 30.7 Å². The van der Waals surface area contributed by atoms with Gasteiger partial charge in [0.2, 0.25) is 0 Å². The highest BCUT2D eigenvalue weighted by molar-refractivity contribution is 7.58. The van der Waals surface area contributed by atoms with E-state index in [-0.39, 0.29) is 0 Å². The Labute approximate surface area is 137 Å². The largest absolute Gasteiger partial charge is 0.363 e. The second kappa shape index (κ2) is 5.23. The number of hydrogen-bond acceptors (Lipinski definition) is 4. The molecule has 3 aliphatic heterocycles. The molecule has 2 fully saturated rings. The maximum absolute atomic E-state index is 6.50. The third-order valence-corrected chi connectivity index (χ3v) is 5.75. The summed E-state index contributed by atoms with van der Waals surface area (Å²) >= 11 is 13.9. The number of hydrogen-bond donors (Lipinski definition) is 0. The lowest BCUT2D eigenvalue weighted by molar-refractivity contribution is 0.203. The molecule has 112 valence electrons. The molecule has 0 aliphatic carbocycles. The van der Waals surface area contributed by atoms with Crippen LogP contribution in [0.15, 0.2) is 14.8 Å². The predicted octanol–water partition coefficient (Wildman–Crippen LogP) is 4.39. The van der Waals surface area contributed by atoms with Crippen molar-refractivity contribution in [1.29, 1.82) is 0 Å². The molecule has 2 saturated heterocycles. The fourth-order valence-electron chi connectivity index (χ4n) is 3.63. The van der Waals surface area contributed by atoms with Crippen molar-refractivity contribution < 1.29 is 0 Å². The van der Waals surface area contributed by atoms with Gasteiger partial charge in [-0.15, -0.1) is 0 Å². The molecule has 3 aliphatic rings. The van der Waals surface area contributed by atoms with E-state index in [1.807, 2.05) is 0 Å². The zero-order valence-corrected chi connectivity index (χ0v) is 14.0. The molecule has 0 bridgehead atoms. The van der Waals surface area contributed by atoms with Crippen LogP contribution in [0.3, 0.4) is 0 Å². The van der Waals surface area contributed by atoms with E-state index in [0.29, 0.717) is 22.1 Å². The van der Waals surface area contributed by atoms with Crippen molar-refractivity contribution in [2.75, 3.05) is 24.5 Å². The van der Waals surface area contributed by atoms with Crippen molar-refractivity contribution in [2.24, 2.45) is 8.73 Å². The van der Waals surface area contributed by atoms with Crippen LogP contribution in [0.4, 0.5) is 17.1 Å². The highest BCUT2D eigenvalue weighted by Crippen LogP contribution is 2.50. The van der Waals surface area contributed by atoms with Crippen molar-refractivity contribution in [2.45, 2.75) is 31.8 Å². The Morgan fingerprint density at radius 1 is 1.19 bits per heavy atom. The smallest absolute Gasteiger partial charge is 0.131 e. The third kappa shape index (κ3) is 2.22. The van der Waals surface area contributed by atoms with Crippen LogP contribution in [0.25, 0.3) is 0 Å². The van der Waals surface area contributed by atoms with Crippen LogP contribution in [0.5, 0.6) is 0 Å². The van der Waals surface area contributed by atoms with Gasteiger partial charge in [0.15, 0.2) is 0 Å². The fraction of sp³-hybridized carbons (Fsp3) is 0.571. The van der Waals surface area contributed by atoms with Gasteiger partial charge in [0.25, 0.3) is 0 Å². The van der Waals surface area contributed by atoms with Gasteiger partial charge in [0.05, 0.1) is 27.1 Å². The van der Waals surface area contributed by atoms with Gasteiger partial charge in [-0.05, 0) is 32.4 Å². The molecular formula is C14H16Cl2N4S. The monoisotopic (exact) mass is 342 g/mol. The molecule has 2 unspecified atom stereocenters. The first-order chi connectivity index (χ1) is 10.1. The SMILES string of the molecule is CC1CN2CCCC2CN1c1c(Cl)cc(Cl)c2c1N=S=N2. The molecule has 0 saturated carbocycles. The van der Waals surface area contributed by atoms with Crippen LogP contribution < -0.4 is 4.90 Å². The summed E-state index contributed by atoms with van der Waals surface area (Å²) in [6, 6.07) is 2.85. The number of rotatable bonds is 1. The summed E-state index contributed by atoms with van der Waals surface area (Å²) in [5, 5.41) is 1.26. The van der Waals surface area contributed by atoms with Crippen LogP contribution in [0.1, 0.15) is 19.8 Å². The quantitative estimate of drug-likeness (QED) is 0.769. The van der Waals surface area contributed by atoms with Gasteiger partial charge in [-0.3, -0.25) is 4.90 Å². The normalized spacial score (nSPS) is 27.7. The van der Waals surface area contributed by atoms with E-state index in [9.17, 15) is 0 Å². The molecule has 0 spiro atoms.